The Kier molecular flexibility index (Phi) is 36.8. The van der Waals surface area contributed by atoms with Gasteiger partial charge < -0.3 is 61.1 Å². The predicted molar refractivity (Wildman–Crippen MR) is 354 cm³/mol. The molecule has 90 heavy (non-hydrogen) atoms. The van der Waals surface area contributed by atoms with E-state index in [0.717, 1.165) is 4.90 Å². The lowest BCUT2D eigenvalue weighted by molar-refractivity contribution is -0.156. The Balaban J connectivity index is 7.41. The summed E-state index contributed by atoms with van der Waals surface area (Å²) in [5.74, 6) is -8.31. The molecule has 0 saturated heterocycles. The SMILES string of the molecule is C/C=C\C[C@H](C)[C@@H](O)[C@@H](C(=O)N[C@@H](CC)C(=O)N(C)C(CC(C)C)C(=O)N(C)[C@@H](CC(C)C)C(=O)N[C@H](C(=O)N(C)[C@@H](CC(C)C)C(=O)N[C@H](C)C(=O)N[C@H](C)C(C)=O)C(C)C)N(C)C(=O)[C@H](C(C)C)N(C)C(=O)[C@@H](C[C@H](C)NC)N(C)C(=O)[C@H](C)CC(C)C. The lowest BCUT2D eigenvalue weighted by Crippen LogP contribution is -2.64. The van der Waals surface area contributed by atoms with Crippen molar-refractivity contribution in [1.82, 2.24) is 56.0 Å². The van der Waals surface area contributed by atoms with Crippen LogP contribution in [0.3, 0.4) is 0 Å². The van der Waals surface area contributed by atoms with Gasteiger partial charge in [-0.25, -0.2) is 0 Å². The van der Waals surface area contributed by atoms with Crippen LogP contribution >= 0.6 is 0 Å². The van der Waals surface area contributed by atoms with E-state index in [1.54, 1.807) is 61.7 Å². The number of aliphatic hydroxyl groups is 1. The molecular formula is C67H123N11O12. The van der Waals surface area contributed by atoms with Gasteiger partial charge in [0.15, 0.2) is 5.78 Å². The number of carbonyl (C=O) groups excluding carboxylic acids is 11. The first kappa shape index (κ1) is 84.0. The first-order valence-electron chi connectivity index (χ1n) is 32.8. The van der Waals surface area contributed by atoms with Crippen LogP contribution in [0.1, 0.15) is 183 Å². The van der Waals surface area contributed by atoms with E-state index in [0.29, 0.717) is 12.8 Å². The van der Waals surface area contributed by atoms with Crippen LogP contribution in [-0.2, 0) is 52.7 Å². The van der Waals surface area contributed by atoms with Crippen LogP contribution in [0.5, 0.6) is 0 Å². The minimum atomic E-state index is -1.59. The largest absolute Gasteiger partial charge is 0.390 e. The Bertz CT molecular complexity index is 2400. The number of ketones is 1. The van der Waals surface area contributed by atoms with Crippen LogP contribution in [0, 0.1) is 47.3 Å². The van der Waals surface area contributed by atoms with Crippen LogP contribution in [0.4, 0.5) is 0 Å². The summed E-state index contributed by atoms with van der Waals surface area (Å²) >= 11 is 0. The zero-order valence-electron chi connectivity index (χ0n) is 60.3. The normalized spacial score (nSPS) is 16.6. The number of likely N-dealkylation sites (N-methyl/N-ethyl adjacent to an activating group) is 6. The number of allylic oxidation sites excluding steroid dienone is 2. The minimum absolute atomic E-state index is 0.0220. The van der Waals surface area contributed by atoms with E-state index < -0.39 is 137 Å². The third-order valence-electron chi connectivity index (χ3n) is 17.1. The summed E-state index contributed by atoms with van der Waals surface area (Å²) in [6.45, 7) is 35.6. The van der Waals surface area contributed by atoms with Gasteiger partial charge in [0.1, 0.15) is 54.4 Å². The van der Waals surface area contributed by atoms with Gasteiger partial charge in [0.2, 0.25) is 59.1 Å². The predicted octanol–water partition coefficient (Wildman–Crippen LogP) is 5.02. The van der Waals surface area contributed by atoms with Gasteiger partial charge in [-0.3, -0.25) is 52.7 Å². The van der Waals surface area contributed by atoms with Gasteiger partial charge in [-0.05, 0) is 128 Å². The van der Waals surface area contributed by atoms with Gasteiger partial charge in [-0.1, -0.05) is 116 Å². The maximum atomic E-state index is 15.1. The molecule has 1 unspecified atom stereocenters. The van der Waals surface area contributed by atoms with Crippen LogP contribution in [0.15, 0.2) is 12.2 Å². The van der Waals surface area contributed by atoms with Crippen molar-refractivity contribution in [2.45, 2.75) is 256 Å². The van der Waals surface area contributed by atoms with E-state index in [1.807, 2.05) is 82.2 Å². The number of amides is 10. The highest BCUT2D eigenvalue weighted by Crippen LogP contribution is 2.26. The quantitative estimate of drug-likeness (QED) is 0.0442. The molecular weight excluding hydrogens is 1150 g/mol. The molecule has 0 aromatic carbocycles. The highest BCUT2D eigenvalue weighted by molar-refractivity contribution is 5.99. The molecule has 0 aromatic rings. The van der Waals surface area contributed by atoms with Gasteiger partial charge in [-0.2, -0.15) is 0 Å². The van der Waals surface area contributed by atoms with E-state index >= 15 is 14.4 Å². The summed E-state index contributed by atoms with van der Waals surface area (Å²) < 4.78 is 0. The Hall–Kier alpha value is -5.97. The molecule has 14 atom stereocenters. The maximum absolute atomic E-state index is 15.1. The van der Waals surface area contributed by atoms with Gasteiger partial charge in [-0.15, -0.1) is 0 Å². The zero-order chi connectivity index (χ0) is 70.3. The van der Waals surface area contributed by atoms with E-state index in [9.17, 15) is 43.5 Å². The van der Waals surface area contributed by atoms with Crippen molar-refractivity contribution in [3.05, 3.63) is 12.2 Å². The number of rotatable bonds is 39. The summed E-state index contributed by atoms with van der Waals surface area (Å²) in [6.07, 6.45) is 3.84. The molecule has 0 spiro atoms. The van der Waals surface area contributed by atoms with Crippen molar-refractivity contribution in [2.75, 3.05) is 49.3 Å². The fourth-order valence-electron chi connectivity index (χ4n) is 11.1. The number of aliphatic hydroxyl groups excluding tert-OH is 1. The zero-order valence-corrected chi connectivity index (χ0v) is 60.3. The minimum Gasteiger partial charge on any atom is -0.390 e. The molecule has 23 nitrogen and oxygen atoms in total. The first-order valence-corrected chi connectivity index (χ1v) is 32.8. The van der Waals surface area contributed by atoms with Gasteiger partial charge in [0.25, 0.3) is 0 Å². The van der Waals surface area contributed by atoms with Crippen molar-refractivity contribution in [1.29, 1.82) is 0 Å². The van der Waals surface area contributed by atoms with Crippen molar-refractivity contribution in [3.63, 3.8) is 0 Å². The molecule has 0 aliphatic rings. The molecule has 0 fully saturated rings. The Morgan fingerprint density at radius 2 is 0.844 bits per heavy atom. The van der Waals surface area contributed by atoms with Crippen molar-refractivity contribution in [3.8, 4) is 0 Å². The molecule has 0 radical (unpaired) electrons. The van der Waals surface area contributed by atoms with Gasteiger partial charge in [0.05, 0.1) is 12.1 Å². The highest BCUT2D eigenvalue weighted by atomic mass is 16.3. The van der Waals surface area contributed by atoms with E-state index in [4.69, 9.17) is 0 Å². The maximum Gasteiger partial charge on any atom is 0.246 e. The molecule has 0 bridgehead atoms. The molecule has 10 amide bonds. The number of carbonyl (C=O) groups is 11. The smallest absolute Gasteiger partial charge is 0.246 e. The molecule has 518 valence electrons. The van der Waals surface area contributed by atoms with Gasteiger partial charge >= 0.3 is 0 Å². The summed E-state index contributed by atoms with van der Waals surface area (Å²) in [6, 6.07) is -11.6. The molecule has 0 aliphatic carbocycles. The van der Waals surface area contributed by atoms with Gasteiger partial charge in [0, 0.05) is 54.2 Å². The third-order valence-corrected chi connectivity index (χ3v) is 17.1. The molecule has 0 aromatic heterocycles. The fraction of sp³-hybridized carbons (Fsp3) is 0.806. The number of nitrogens with zero attached hydrogens (tertiary/aromatic N) is 6. The third kappa shape index (κ3) is 25.3. The van der Waals surface area contributed by atoms with E-state index in [2.05, 4.69) is 26.6 Å². The van der Waals surface area contributed by atoms with Crippen molar-refractivity contribution >= 4 is 64.9 Å². The standard InChI is InChI=1S/C67H123N11O12/c1-28-30-31-43(15)57(80)56(78(27)67(90)55(42(13)14)77(26)65(88)53(36-45(17)68-21)75(24)62(85)44(16)32-37(3)4)61(84)71-49(29-2)63(86)76(25)52(35-40(9)10)64(87)73(22)51(34-39(7)8)60(83)72-54(41(11)12)66(89)74(23)50(33-38(5)6)59(82)70-47(19)58(81)69-46(18)48(20)79/h28,30,37-47,49-57,68,80H,29,31-36H2,1-27H3,(H,69,81)(H,70,82)(H,71,84)(H,72,83)/b30-28-/t43-,44+,45-,46+,47+,49-,50-,51-,52?,53+,54-,55-,56-,57+/m0/s1. The Morgan fingerprint density at radius 1 is 0.433 bits per heavy atom. The number of Topliss-reactive ketones (excluding diaryl/α,β-unsaturated/α-hetero) is 1. The second-order valence-corrected chi connectivity index (χ2v) is 27.8. The Morgan fingerprint density at radius 3 is 1.28 bits per heavy atom. The van der Waals surface area contributed by atoms with E-state index in [-0.39, 0.29) is 79.4 Å². The summed E-state index contributed by atoms with van der Waals surface area (Å²) in [5.41, 5.74) is 0. The average molecular weight is 1270 g/mol. The van der Waals surface area contributed by atoms with E-state index in [1.165, 1.54) is 80.5 Å². The second kappa shape index (κ2) is 39.4. The number of nitrogens with one attached hydrogen (secondary N) is 5. The Labute approximate surface area is 541 Å². The first-order chi connectivity index (χ1) is 41.5. The second-order valence-electron chi connectivity index (χ2n) is 27.8. The van der Waals surface area contributed by atoms with Crippen molar-refractivity contribution < 1.29 is 57.8 Å². The summed E-state index contributed by atoms with van der Waals surface area (Å²) in [7, 11) is 10.6. The molecule has 0 rings (SSSR count). The lowest BCUT2D eigenvalue weighted by Gasteiger charge is -2.41. The monoisotopic (exact) mass is 1270 g/mol. The fourth-order valence-corrected chi connectivity index (χ4v) is 11.1. The van der Waals surface area contributed by atoms with Crippen LogP contribution in [0.25, 0.3) is 0 Å². The molecule has 0 aliphatic heterocycles. The molecule has 23 heteroatoms. The average Bonchev–Trinajstić information content (AvgIpc) is 1.05. The lowest BCUT2D eigenvalue weighted by atomic mass is 9.91. The molecule has 0 heterocycles. The molecule has 0 saturated carbocycles. The molecule has 6 N–H and O–H groups in total. The van der Waals surface area contributed by atoms with Crippen molar-refractivity contribution in [2.24, 2.45) is 47.3 Å². The number of hydrogen-bond donors (Lipinski definition) is 6. The number of hydrogen-bond acceptors (Lipinski definition) is 13. The van der Waals surface area contributed by atoms with Crippen LogP contribution in [-0.4, -0.2) is 221 Å². The summed E-state index contributed by atoms with van der Waals surface area (Å²) in [5, 5.41) is 26.3. The van der Waals surface area contributed by atoms with Crippen LogP contribution < -0.4 is 26.6 Å². The topological polar surface area (TPSA) is 288 Å². The van der Waals surface area contributed by atoms with Crippen LogP contribution in [0.2, 0.25) is 0 Å². The summed E-state index contributed by atoms with van der Waals surface area (Å²) in [4.78, 5) is 165. The highest BCUT2D eigenvalue weighted by Gasteiger charge is 2.46.